The van der Waals surface area contributed by atoms with Crippen molar-refractivity contribution >= 4 is 13.7 Å². The highest BCUT2D eigenvalue weighted by molar-refractivity contribution is 7.45. The molecule has 9 heteroatoms. The quantitative estimate of drug-likeness (QED) is 0.0272. The molecule has 0 aromatic rings. The van der Waals surface area contributed by atoms with Gasteiger partial charge in [0.2, 0.25) is 5.91 Å². The van der Waals surface area contributed by atoms with Crippen LogP contribution in [0.3, 0.4) is 0 Å². The zero-order chi connectivity index (χ0) is 54.9. The van der Waals surface area contributed by atoms with Crippen LogP contribution >= 0.6 is 7.82 Å². The van der Waals surface area contributed by atoms with Crippen LogP contribution in [0.1, 0.15) is 303 Å². The van der Waals surface area contributed by atoms with E-state index in [-0.39, 0.29) is 12.5 Å². The van der Waals surface area contributed by atoms with Crippen LogP contribution in [0.5, 0.6) is 0 Å². The highest BCUT2D eigenvalue weighted by Gasteiger charge is 2.23. The fourth-order valence-electron chi connectivity index (χ4n) is 9.39. The Labute approximate surface area is 466 Å². The molecule has 0 fully saturated rings. The maximum absolute atomic E-state index is 13.0. The first kappa shape index (κ1) is 73.2. The molecular formula is C66H125N2O6P. The zero-order valence-electron chi connectivity index (χ0n) is 50.3. The molecule has 0 aliphatic heterocycles. The molecule has 0 aromatic heterocycles. The molecule has 0 aliphatic carbocycles. The first-order valence-electron chi connectivity index (χ1n) is 32.2. The third-order valence-corrected chi connectivity index (χ3v) is 15.4. The number of quaternary nitrogens is 1. The van der Waals surface area contributed by atoms with E-state index in [2.05, 4.69) is 67.8 Å². The fraction of sp³-hybridized carbons (Fsp3) is 0.833. The molecule has 0 radical (unpaired) electrons. The van der Waals surface area contributed by atoms with E-state index >= 15 is 0 Å². The molecule has 0 spiro atoms. The second kappa shape index (κ2) is 56.9. The molecule has 0 saturated heterocycles. The van der Waals surface area contributed by atoms with Gasteiger partial charge < -0.3 is 28.8 Å². The van der Waals surface area contributed by atoms with Crippen molar-refractivity contribution < 1.29 is 32.9 Å². The average molecular weight is 1070 g/mol. The van der Waals surface area contributed by atoms with Gasteiger partial charge in [-0.25, -0.2) is 0 Å². The summed E-state index contributed by atoms with van der Waals surface area (Å²) in [5, 5.41) is 13.9. The van der Waals surface area contributed by atoms with Crippen molar-refractivity contribution in [3.63, 3.8) is 0 Å². The summed E-state index contributed by atoms with van der Waals surface area (Å²) in [5.74, 6) is -0.209. The molecule has 440 valence electrons. The summed E-state index contributed by atoms with van der Waals surface area (Å²) < 4.78 is 23.4. The first-order valence-corrected chi connectivity index (χ1v) is 33.6. The number of amides is 1. The van der Waals surface area contributed by atoms with E-state index in [1.54, 1.807) is 6.08 Å². The molecular weight excluding hydrogens is 948 g/mol. The van der Waals surface area contributed by atoms with Crippen molar-refractivity contribution in [2.45, 2.75) is 315 Å². The number of carbonyl (C=O) groups excluding carboxylic acids is 1. The Morgan fingerprint density at radius 1 is 0.467 bits per heavy atom. The summed E-state index contributed by atoms with van der Waals surface area (Å²) in [7, 11) is 1.24. The van der Waals surface area contributed by atoms with Gasteiger partial charge in [-0.2, -0.15) is 0 Å². The molecule has 2 N–H and O–H groups in total. The van der Waals surface area contributed by atoms with Gasteiger partial charge in [-0.1, -0.05) is 280 Å². The summed E-state index contributed by atoms with van der Waals surface area (Å²) in [6.45, 7) is 4.64. The van der Waals surface area contributed by atoms with Gasteiger partial charge >= 0.3 is 0 Å². The number of carbonyl (C=O) groups is 1. The topological polar surface area (TPSA) is 108 Å². The summed E-state index contributed by atoms with van der Waals surface area (Å²) in [6, 6.07) is -0.911. The predicted molar refractivity (Wildman–Crippen MR) is 325 cm³/mol. The minimum atomic E-state index is -4.61. The Bertz CT molecular complexity index is 1400. The first-order chi connectivity index (χ1) is 36.5. The Morgan fingerprint density at radius 3 is 1.16 bits per heavy atom. The number of hydrogen-bond donors (Lipinski definition) is 2. The molecule has 75 heavy (non-hydrogen) atoms. The van der Waals surface area contributed by atoms with Crippen LogP contribution < -0.4 is 10.2 Å². The lowest BCUT2D eigenvalue weighted by Gasteiger charge is -2.29. The highest BCUT2D eigenvalue weighted by atomic mass is 31.2. The minimum absolute atomic E-state index is 0.00956. The van der Waals surface area contributed by atoms with Gasteiger partial charge in [-0.3, -0.25) is 9.36 Å². The number of phosphoric ester groups is 1. The molecule has 0 heterocycles. The third-order valence-electron chi connectivity index (χ3n) is 14.4. The van der Waals surface area contributed by atoms with E-state index in [1.165, 1.54) is 231 Å². The van der Waals surface area contributed by atoms with E-state index in [1.807, 2.05) is 27.2 Å². The van der Waals surface area contributed by atoms with Gasteiger partial charge in [0.25, 0.3) is 7.82 Å². The smallest absolute Gasteiger partial charge is 0.268 e. The fourth-order valence-corrected chi connectivity index (χ4v) is 10.1. The highest BCUT2D eigenvalue weighted by Crippen LogP contribution is 2.38. The van der Waals surface area contributed by atoms with Crippen molar-refractivity contribution in [1.82, 2.24) is 5.32 Å². The van der Waals surface area contributed by atoms with Gasteiger partial charge in [-0.15, -0.1) is 0 Å². The van der Waals surface area contributed by atoms with E-state index in [9.17, 15) is 19.4 Å². The van der Waals surface area contributed by atoms with Crippen LogP contribution in [-0.2, 0) is 18.4 Å². The van der Waals surface area contributed by atoms with Crippen molar-refractivity contribution in [3.05, 3.63) is 60.8 Å². The number of allylic oxidation sites excluding steroid dienone is 9. The van der Waals surface area contributed by atoms with Crippen LogP contribution in [0.25, 0.3) is 0 Å². The van der Waals surface area contributed by atoms with E-state index in [0.29, 0.717) is 17.4 Å². The molecule has 0 saturated carbocycles. The zero-order valence-corrected chi connectivity index (χ0v) is 51.1. The van der Waals surface area contributed by atoms with Gasteiger partial charge in [0.05, 0.1) is 39.9 Å². The summed E-state index contributed by atoms with van der Waals surface area (Å²) >= 11 is 0. The summed E-state index contributed by atoms with van der Waals surface area (Å²) in [6.07, 6.45) is 77.6. The molecule has 0 bridgehead atoms. The number of aliphatic hydroxyl groups is 1. The normalized spacial score (nSPS) is 14.2. The predicted octanol–water partition coefficient (Wildman–Crippen LogP) is 19.4. The van der Waals surface area contributed by atoms with Gasteiger partial charge in [0.1, 0.15) is 13.2 Å². The Morgan fingerprint density at radius 2 is 0.787 bits per heavy atom. The molecule has 0 rings (SSSR count). The maximum atomic E-state index is 13.0. The SMILES string of the molecule is CCCCCCCCCC/C=C/CC/C=C/CC/C=C/C(O)C(COP(=O)([O-])OCC[N+](C)(C)C)NC(=O)CCCCCCCCCCCCCCCCCCC/C=C\C/C=C\CCCCCCCCCCCCC. The monoisotopic (exact) mass is 1070 g/mol. The molecule has 0 aromatic carbocycles. The van der Waals surface area contributed by atoms with E-state index < -0.39 is 26.6 Å². The van der Waals surface area contributed by atoms with Crippen molar-refractivity contribution in [1.29, 1.82) is 0 Å². The lowest BCUT2D eigenvalue weighted by Crippen LogP contribution is -2.45. The number of nitrogens with one attached hydrogen (secondary N) is 1. The summed E-state index contributed by atoms with van der Waals surface area (Å²) in [4.78, 5) is 25.5. The standard InChI is InChI=1S/C66H125N2O6P/c1-6-8-10-12-14-16-18-20-22-24-26-27-28-29-30-31-32-33-34-35-36-37-38-39-40-41-42-44-46-48-50-52-54-56-58-60-66(70)67-64(63-74-75(71,72)73-62-61-68(3,4)5)65(69)59-57-55-53-51-49-47-45-43-25-23-21-19-17-15-13-11-9-7-2/h25,28-29,31-32,43,49,51,57,59,64-65,69H,6-24,26-27,30,33-42,44-48,50,52-56,58,60-63H2,1-5H3,(H-,67,70,71,72)/b29-28-,32-31-,43-25+,51-49+,59-57+. The van der Waals surface area contributed by atoms with Crippen LogP contribution in [0.2, 0.25) is 0 Å². The second-order valence-corrected chi connectivity index (χ2v) is 24.5. The number of aliphatic hydroxyl groups excluding tert-OH is 1. The van der Waals surface area contributed by atoms with Gasteiger partial charge in [0, 0.05) is 6.42 Å². The number of nitrogens with zero attached hydrogens (tertiary/aromatic N) is 1. The number of phosphoric acid groups is 1. The lowest BCUT2D eigenvalue weighted by atomic mass is 10.0. The minimum Gasteiger partial charge on any atom is -0.756 e. The molecule has 1 amide bonds. The van der Waals surface area contributed by atoms with E-state index in [4.69, 9.17) is 9.05 Å². The molecule has 0 aliphatic rings. The van der Waals surface area contributed by atoms with Crippen molar-refractivity contribution in [2.75, 3.05) is 40.9 Å². The summed E-state index contributed by atoms with van der Waals surface area (Å²) in [5.41, 5.74) is 0. The average Bonchev–Trinajstić information content (AvgIpc) is 3.37. The van der Waals surface area contributed by atoms with Crippen LogP contribution in [0.15, 0.2) is 60.8 Å². The third kappa shape index (κ3) is 59.7. The van der Waals surface area contributed by atoms with Crippen LogP contribution in [0.4, 0.5) is 0 Å². The van der Waals surface area contributed by atoms with Crippen molar-refractivity contribution in [3.8, 4) is 0 Å². The largest absolute Gasteiger partial charge is 0.756 e. The Balaban J connectivity index is 4.06. The molecule has 3 atom stereocenters. The van der Waals surface area contributed by atoms with Crippen molar-refractivity contribution in [2.24, 2.45) is 0 Å². The second-order valence-electron chi connectivity index (χ2n) is 23.1. The molecule has 3 unspecified atom stereocenters. The number of unbranched alkanes of at least 4 members (excludes halogenated alkanes) is 38. The van der Waals surface area contributed by atoms with Crippen LogP contribution in [-0.4, -0.2) is 68.5 Å². The number of rotatable bonds is 59. The van der Waals surface area contributed by atoms with E-state index in [0.717, 1.165) is 51.4 Å². The maximum Gasteiger partial charge on any atom is 0.268 e. The Hall–Kier alpha value is -1.80. The molecule has 8 nitrogen and oxygen atoms in total. The number of hydrogen-bond acceptors (Lipinski definition) is 6. The van der Waals surface area contributed by atoms with Crippen LogP contribution in [0, 0.1) is 0 Å². The van der Waals surface area contributed by atoms with Gasteiger partial charge in [-0.05, 0) is 77.0 Å². The van der Waals surface area contributed by atoms with Gasteiger partial charge in [0.15, 0.2) is 0 Å². The number of likely N-dealkylation sites (N-methyl/N-ethyl adjacent to an activating group) is 1. The Kier molecular flexibility index (Phi) is 55.5. The lowest BCUT2D eigenvalue weighted by molar-refractivity contribution is -0.870.